The van der Waals surface area contributed by atoms with Gasteiger partial charge in [-0.15, -0.1) is 23.2 Å². The van der Waals surface area contributed by atoms with Crippen LogP contribution in [0.4, 0.5) is 0 Å². The zero-order valence-corrected chi connectivity index (χ0v) is 12.1. The standard InChI is InChI=1S/C10H14BrCl3/c1-9(3-4-12)6-10(2,14)7(11)5-8(9)13/h3-4,7-8H,5-6H2,1-2H3/b4-3+. The van der Waals surface area contributed by atoms with Gasteiger partial charge in [0.15, 0.2) is 0 Å². The van der Waals surface area contributed by atoms with Gasteiger partial charge in [0.2, 0.25) is 0 Å². The molecule has 14 heavy (non-hydrogen) atoms. The van der Waals surface area contributed by atoms with Crippen LogP contribution in [0.5, 0.6) is 0 Å². The van der Waals surface area contributed by atoms with Gasteiger partial charge in [-0.3, -0.25) is 0 Å². The first kappa shape index (κ1) is 13.2. The highest BCUT2D eigenvalue weighted by Crippen LogP contribution is 2.50. The van der Waals surface area contributed by atoms with Gasteiger partial charge in [-0.05, 0) is 19.8 Å². The minimum Gasteiger partial charge on any atom is -0.122 e. The Labute approximate surface area is 109 Å². The summed E-state index contributed by atoms with van der Waals surface area (Å²) in [6.45, 7) is 4.14. The van der Waals surface area contributed by atoms with Crippen LogP contribution in [-0.4, -0.2) is 15.1 Å². The van der Waals surface area contributed by atoms with Gasteiger partial charge < -0.3 is 0 Å². The first-order valence-corrected chi connectivity index (χ1v) is 6.73. The van der Waals surface area contributed by atoms with Crippen LogP contribution >= 0.6 is 50.7 Å². The summed E-state index contributed by atoms with van der Waals surface area (Å²) in [5, 5.41) is 0.0775. The van der Waals surface area contributed by atoms with Crippen LogP contribution in [0.15, 0.2) is 11.6 Å². The number of alkyl halides is 3. The van der Waals surface area contributed by atoms with Crippen LogP contribution in [0.25, 0.3) is 0 Å². The van der Waals surface area contributed by atoms with E-state index in [4.69, 9.17) is 34.8 Å². The fourth-order valence-corrected chi connectivity index (χ4v) is 3.71. The molecule has 0 aromatic rings. The van der Waals surface area contributed by atoms with Crippen LogP contribution < -0.4 is 0 Å². The molecule has 0 aromatic heterocycles. The number of halogens is 4. The van der Waals surface area contributed by atoms with E-state index in [1.807, 2.05) is 13.0 Å². The molecule has 1 saturated carbocycles. The predicted molar refractivity (Wildman–Crippen MR) is 68.9 cm³/mol. The van der Waals surface area contributed by atoms with E-state index >= 15 is 0 Å². The van der Waals surface area contributed by atoms with E-state index in [2.05, 4.69) is 22.9 Å². The molecular weight excluding hydrogens is 306 g/mol. The second kappa shape index (κ2) is 4.53. The van der Waals surface area contributed by atoms with Crippen molar-refractivity contribution in [3.63, 3.8) is 0 Å². The summed E-state index contributed by atoms with van der Waals surface area (Å²) in [6.07, 6.45) is 3.64. The third kappa shape index (κ3) is 2.61. The fourth-order valence-electron chi connectivity index (χ4n) is 1.97. The lowest BCUT2D eigenvalue weighted by molar-refractivity contribution is 0.258. The molecule has 0 aromatic carbocycles. The molecule has 0 spiro atoms. The van der Waals surface area contributed by atoms with E-state index in [0.717, 1.165) is 12.8 Å². The molecule has 4 unspecified atom stereocenters. The summed E-state index contributed by atoms with van der Waals surface area (Å²) in [6, 6.07) is 0. The molecule has 0 bridgehead atoms. The zero-order valence-electron chi connectivity index (χ0n) is 8.24. The van der Waals surface area contributed by atoms with Crippen molar-refractivity contribution in [2.45, 2.75) is 41.8 Å². The minimum absolute atomic E-state index is 0.0775. The number of hydrogen-bond donors (Lipinski definition) is 0. The number of rotatable bonds is 1. The zero-order chi connectivity index (χ0) is 11.0. The first-order valence-electron chi connectivity index (χ1n) is 4.57. The predicted octanol–water partition coefficient (Wildman–Crippen LogP) is 4.91. The van der Waals surface area contributed by atoms with Crippen molar-refractivity contribution in [3.8, 4) is 0 Å². The van der Waals surface area contributed by atoms with Crippen molar-refractivity contribution in [1.29, 1.82) is 0 Å². The Morgan fingerprint density at radius 1 is 1.43 bits per heavy atom. The molecule has 0 heterocycles. The largest absolute Gasteiger partial charge is 0.122 e. The Morgan fingerprint density at radius 3 is 2.50 bits per heavy atom. The highest BCUT2D eigenvalue weighted by atomic mass is 79.9. The second-order valence-corrected chi connectivity index (χ2v) is 7.17. The Morgan fingerprint density at radius 2 is 2.00 bits per heavy atom. The van der Waals surface area contributed by atoms with Crippen molar-refractivity contribution in [2.75, 3.05) is 0 Å². The van der Waals surface area contributed by atoms with Gasteiger partial charge in [0.1, 0.15) is 0 Å². The van der Waals surface area contributed by atoms with Crippen molar-refractivity contribution in [2.24, 2.45) is 5.41 Å². The first-order chi connectivity index (χ1) is 6.32. The summed E-state index contributed by atoms with van der Waals surface area (Å²) in [4.78, 5) is 0.00672. The van der Waals surface area contributed by atoms with E-state index in [9.17, 15) is 0 Å². The summed E-state index contributed by atoms with van der Waals surface area (Å²) in [5.41, 5.74) is 1.43. The monoisotopic (exact) mass is 318 g/mol. The van der Waals surface area contributed by atoms with Gasteiger partial charge in [-0.2, -0.15) is 0 Å². The van der Waals surface area contributed by atoms with Gasteiger partial charge in [0.05, 0.1) is 4.87 Å². The van der Waals surface area contributed by atoms with Crippen LogP contribution in [0.2, 0.25) is 0 Å². The molecule has 1 fully saturated rings. The van der Waals surface area contributed by atoms with Crippen LogP contribution in [0.1, 0.15) is 26.7 Å². The maximum Gasteiger partial charge on any atom is 0.0552 e. The van der Waals surface area contributed by atoms with Gasteiger partial charge >= 0.3 is 0 Å². The van der Waals surface area contributed by atoms with E-state index in [1.54, 1.807) is 0 Å². The summed E-state index contributed by atoms with van der Waals surface area (Å²) in [5.74, 6) is 0. The molecule has 1 aliphatic carbocycles. The molecule has 0 aliphatic heterocycles. The van der Waals surface area contributed by atoms with Crippen molar-refractivity contribution >= 4 is 50.7 Å². The quantitative estimate of drug-likeness (QED) is 0.602. The van der Waals surface area contributed by atoms with Gasteiger partial charge in [-0.25, -0.2) is 0 Å². The van der Waals surface area contributed by atoms with Crippen molar-refractivity contribution in [3.05, 3.63) is 11.6 Å². The Balaban J connectivity index is 2.89. The molecule has 0 N–H and O–H groups in total. The molecule has 0 nitrogen and oxygen atoms in total. The molecule has 4 atom stereocenters. The second-order valence-electron chi connectivity index (χ2n) is 4.42. The number of hydrogen-bond acceptors (Lipinski definition) is 0. The highest BCUT2D eigenvalue weighted by Gasteiger charge is 2.47. The molecule has 0 radical (unpaired) electrons. The topological polar surface area (TPSA) is 0 Å². The average Bonchev–Trinajstić information content (AvgIpc) is 2.01. The molecular formula is C10H14BrCl3. The lowest BCUT2D eigenvalue weighted by Gasteiger charge is -2.45. The fraction of sp³-hybridized carbons (Fsp3) is 0.800. The lowest BCUT2D eigenvalue weighted by atomic mass is 9.70. The third-order valence-electron chi connectivity index (χ3n) is 2.95. The van der Waals surface area contributed by atoms with Crippen LogP contribution in [0.3, 0.4) is 0 Å². The SMILES string of the molecule is CC1(Cl)CC(C)(/C=C/Cl)C(Cl)CC1Br. The van der Waals surface area contributed by atoms with Crippen molar-refractivity contribution < 1.29 is 0 Å². The molecule has 1 rings (SSSR count). The summed E-state index contributed by atoms with van der Waals surface area (Å²) < 4.78 is 0. The Hall–Kier alpha value is 1.09. The molecule has 0 amide bonds. The lowest BCUT2D eigenvalue weighted by Crippen LogP contribution is -2.46. The minimum atomic E-state index is -0.253. The van der Waals surface area contributed by atoms with E-state index < -0.39 is 0 Å². The Bertz CT molecular complexity index is 240. The van der Waals surface area contributed by atoms with Crippen LogP contribution in [0, 0.1) is 5.41 Å². The number of allylic oxidation sites excluding steroid dienone is 1. The van der Waals surface area contributed by atoms with E-state index in [1.165, 1.54) is 5.54 Å². The molecule has 0 saturated heterocycles. The third-order valence-corrected chi connectivity index (χ3v) is 5.80. The van der Waals surface area contributed by atoms with Gasteiger partial charge in [0.25, 0.3) is 0 Å². The molecule has 82 valence electrons. The van der Waals surface area contributed by atoms with Gasteiger partial charge in [-0.1, -0.05) is 40.5 Å². The van der Waals surface area contributed by atoms with Crippen molar-refractivity contribution in [1.82, 2.24) is 0 Å². The maximum absolute atomic E-state index is 6.43. The van der Waals surface area contributed by atoms with E-state index in [0.29, 0.717) is 0 Å². The van der Waals surface area contributed by atoms with E-state index in [-0.39, 0.29) is 20.5 Å². The van der Waals surface area contributed by atoms with Crippen LogP contribution in [-0.2, 0) is 0 Å². The smallest absolute Gasteiger partial charge is 0.0552 e. The molecule has 1 aliphatic rings. The Kier molecular flexibility index (Phi) is 4.26. The highest BCUT2D eigenvalue weighted by molar-refractivity contribution is 9.09. The maximum atomic E-state index is 6.43. The molecule has 4 heteroatoms. The summed E-state index contributed by atoms with van der Waals surface area (Å²) >= 11 is 22.0. The average molecular weight is 320 g/mol. The van der Waals surface area contributed by atoms with Gasteiger partial charge in [0, 0.05) is 21.2 Å². The normalized spacial score (nSPS) is 49.9. The summed E-state index contributed by atoms with van der Waals surface area (Å²) in [7, 11) is 0.